The number of imidazole rings is 1. The number of nitro groups is 1. The van der Waals surface area contributed by atoms with Crippen LogP contribution >= 0.6 is 0 Å². The smallest absolute Gasteiger partial charge is 0.290 e. The van der Waals surface area contributed by atoms with Gasteiger partial charge < -0.3 is 10.3 Å². The molecule has 0 saturated carbocycles. The fourth-order valence-electron chi connectivity index (χ4n) is 3.47. The molecule has 1 aliphatic heterocycles. The van der Waals surface area contributed by atoms with Gasteiger partial charge in [0.25, 0.3) is 5.69 Å². The van der Waals surface area contributed by atoms with Crippen LogP contribution in [0.4, 0.5) is 5.69 Å². The van der Waals surface area contributed by atoms with Gasteiger partial charge >= 0.3 is 0 Å². The minimum absolute atomic E-state index is 0.134. The zero-order chi connectivity index (χ0) is 19.2. The number of H-pyrrole nitrogens is 1. The SMILES string of the molecule is CCc1nc2cc(S(=O)(=O)c3cccc4c3CCNC4)c([N+](=O)[O-])cc2[nH]1. The van der Waals surface area contributed by atoms with Crippen LogP contribution in [0.25, 0.3) is 11.0 Å². The highest BCUT2D eigenvalue weighted by Crippen LogP contribution is 2.35. The molecular weight excluding hydrogens is 368 g/mol. The monoisotopic (exact) mass is 386 g/mol. The first kappa shape index (κ1) is 17.6. The molecule has 0 atom stereocenters. The van der Waals surface area contributed by atoms with E-state index in [9.17, 15) is 18.5 Å². The van der Waals surface area contributed by atoms with E-state index in [4.69, 9.17) is 0 Å². The van der Waals surface area contributed by atoms with Gasteiger partial charge in [0.2, 0.25) is 9.84 Å². The summed E-state index contributed by atoms with van der Waals surface area (Å²) < 4.78 is 26.8. The van der Waals surface area contributed by atoms with Gasteiger partial charge in [-0.05, 0) is 36.2 Å². The summed E-state index contributed by atoms with van der Waals surface area (Å²) in [5.74, 6) is 0.650. The van der Waals surface area contributed by atoms with E-state index in [1.165, 1.54) is 18.2 Å². The number of hydrogen-bond acceptors (Lipinski definition) is 6. The first-order valence-corrected chi connectivity index (χ1v) is 10.1. The van der Waals surface area contributed by atoms with Gasteiger partial charge in [0, 0.05) is 19.0 Å². The predicted octanol–water partition coefficient (Wildman–Crippen LogP) is 2.51. The number of nitro benzene ring substituents is 1. The standard InChI is InChI=1S/C18H18N4O4S/c1-2-18-20-13-8-15(22(23)24)17(9-14(13)21-18)27(25,26)16-5-3-4-11-10-19-7-6-12(11)16/h3-5,8-9,19H,2,6-7,10H2,1H3,(H,20,21). The van der Waals surface area contributed by atoms with E-state index < -0.39 is 20.4 Å². The number of aryl methyl sites for hydroxylation is 1. The summed E-state index contributed by atoms with van der Waals surface area (Å²) in [7, 11) is -4.07. The van der Waals surface area contributed by atoms with Gasteiger partial charge in [-0.25, -0.2) is 13.4 Å². The van der Waals surface area contributed by atoms with Crippen molar-refractivity contribution >= 4 is 26.6 Å². The summed E-state index contributed by atoms with van der Waals surface area (Å²) in [5, 5.41) is 14.8. The number of aromatic nitrogens is 2. The van der Waals surface area contributed by atoms with Crippen molar-refractivity contribution in [1.82, 2.24) is 15.3 Å². The Balaban J connectivity index is 1.97. The highest BCUT2D eigenvalue weighted by atomic mass is 32.2. The fraction of sp³-hybridized carbons (Fsp3) is 0.278. The number of nitrogens with one attached hydrogen (secondary N) is 2. The van der Waals surface area contributed by atoms with Gasteiger partial charge in [0.1, 0.15) is 5.82 Å². The second-order valence-electron chi connectivity index (χ2n) is 6.46. The minimum Gasteiger partial charge on any atom is -0.342 e. The molecule has 3 aromatic rings. The normalized spacial score (nSPS) is 14.3. The van der Waals surface area contributed by atoms with Gasteiger partial charge in [0.05, 0.1) is 20.9 Å². The van der Waals surface area contributed by atoms with Crippen LogP contribution in [0.3, 0.4) is 0 Å². The van der Waals surface area contributed by atoms with Crippen LogP contribution in [0.2, 0.25) is 0 Å². The van der Waals surface area contributed by atoms with Gasteiger partial charge in [-0.15, -0.1) is 0 Å². The van der Waals surface area contributed by atoms with E-state index >= 15 is 0 Å². The van der Waals surface area contributed by atoms with E-state index in [0.29, 0.717) is 42.8 Å². The number of sulfone groups is 1. The Hall–Kier alpha value is -2.78. The number of fused-ring (bicyclic) bond motifs is 2. The quantitative estimate of drug-likeness (QED) is 0.525. The summed E-state index contributed by atoms with van der Waals surface area (Å²) >= 11 is 0. The molecule has 27 heavy (non-hydrogen) atoms. The molecule has 2 N–H and O–H groups in total. The van der Waals surface area contributed by atoms with Crippen molar-refractivity contribution in [2.75, 3.05) is 6.54 Å². The Morgan fingerprint density at radius 1 is 1.26 bits per heavy atom. The molecule has 8 nitrogen and oxygen atoms in total. The Kier molecular flexibility index (Phi) is 4.20. The second-order valence-corrected chi connectivity index (χ2v) is 8.34. The van der Waals surface area contributed by atoms with Crippen molar-refractivity contribution in [1.29, 1.82) is 0 Å². The first-order chi connectivity index (χ1) is 12.9. The molecule has 0 saturated heterocycles. The zero-order valence-electron chi connectivity index (χ0n) is 14.7. The average molecular weight is 386 g/mol. The lowest BCUT2D eigenvalue weighted by atomic mass is 10.0. The molecule has 0 aliphatic carbocycles. The van der Waals surface area contributed by atoms with Crippen molar-refractivity contribution in [2.45, 2.75) is 36.1 Å². The Morgan fingerprint density at radius 2 is 2.07 bits per heavy atom. The molecule has 140 valence electrons. The molecule has 0 spiro atoms. The third-order valence-corrected chi connectivity index (χ3v) is 6.69. The Morgan fingerprint density at radius 3 is 2.81 bits per heavy atom. The molecule has 0 radical (unpaired) electrons. The van der Waals surface area contributed by atoms with E-state index in [-0.39, 0.29) is 9.79 Å². The molecule has 0 amide bonds. The Bertz CT molecular complexity index is 1170. The summed E-state index contributed by atoms with van der Waals surface area (Å²) in [5.41, 5.74) is 2.04. The second kappa shape index (κ2) is 6.43. The third kappa shape index (κ3) is 2.88. The van der Waals surface area contributed by atoms with Crippen LogP contribution in [0.5, 0.6) is 0 Å². The number of aromatic amines is 1. The Labute approximate surface area is 155 Å². The number of nitrogens with zero attached hydrogens (tertiary/aromatic N) is 2. The number of benzene rings is 2. The van der Waals surface area contributed by atoms with Crippen LogP contribution < -0.4 is 5.32 Å². The molecule has 4 rings (SSSR count). The molecule has 2 heterocycles. The maximum atomic E-state index is 13.4. The van der Waals surface area contributed by atoms with Gasteiger partial charge in [-0.3, -0.25) is 10.1 Å². The fourth-order valence-corrected chi connectivity index (χ4v) is 5.20. The molecule has 0 fully saturated rings. The van der Waals surface area contributed by atoms with Gasteiger partial charge in [-0.1, -0.05) is 19.1 Å². The lowest BCUT2D eigenvalue weighted by Gasteiger charge is -2.20. The van der Waals surface area contributed by atoms with E-state index in [1.807, 2.05) is 13.0 Å². The lowest BCUT2D eigenvalue weighted by Crippen LogP contribution is -2.25. The number of rotatable bonds is 4. The highest BCUT2D eigenvalue weighted by molar-refractivity contribution is 7.91. The summed E-state index contributed by atoms with van der Waals surface area (Å²) in [6.45, 7) is 3.15. The zero-order valence-corrected chi connectivity index (χ0v) is 15.5. The van der Waals surface area contributed by atoms with Crippen molar-refractivity contribution in [3.05, 3.63) is 57.4 Å². The van der Waals surface area contributed by atoms with Crippen LogP contribution in [0.1, 0.15) is 23.9 Å². The molecule has 0 unspecified atom stereocenters. The molecule has 1 aromatic heterocycles. The minimum atomic E-state index is -4.07. The lowest BCUT2D eigenvalue weighted by molar-refractivity contribution is -0.387. The van der Waals surface area contributed by atoms with Crippen molar-refractivity contribution in [2.24, 2.45) is 0 Å². The van der Waals surface area contributed by atoms with Crippen LogP contribution in [-0.4, -0.2) is 29.9 Å². The topological polar surface area (TPSA) is 118 Å². The maximum absolute atomic E-state index is 13.4. The van der Waals surface area contributed by atoms with Crippen molar-refractivity contribution in [3.63, 3.8) is 0 Å². The van der Waals surface area contributed by atoms with Crippen LogP contribution in [0, 0.1) is 10.1 Å². The predicted molar refractivity (Wildman–Crippen MR) is 99.4 cm³/mol. The van der Waals surface area contributed by atoms with Gasteiger partial charge in [0.15, 0.2) is 4.90 Å². The summed E-state index contributed by atoms with van der Waals surface area (Å²) in [6.07, 6.45) is 1.17. The molecule has 9 heteroatoms. The molecule has 2 aromatic carbocycles. The van der Waals surface area contributed by atoms with E-state index in [0.717, 1.165) is 11.1 Å². The van der Waals surface area contributed by atoms with Crippen LogP contribution in [0.15, 0.2) is 40.1 Å². The van der Waals surface area contributed by atoms with Crippen molar-refractivity contribution < 1.29 is 13.3 Å². The van der Waals surface area contributed by atoms with Crippen molar-refractivity contribution in [3.8, 4) is 0 Å². The van der Waals surface area contributed by atoms with Gasteiger partial charge in [-0.2, -0.15) is 0 Å². The summed E-state index contributed by atoms with van der Waals surface area (Å²) in [4.78, 5) is 18.1. The maximum Gasteiger partial charge on any atom is 0.290 e. The van der Waals surface area contributed by atoms with E-state index in [1.54, 1.807) is 6.07 Å². The number of hydrogen-bond donors (Lipinski definition) is 2. The van der Waals surface area contributed by atoms with Crippen LogP contribution in [-0.2, 0) is 29.2 Å². The third-order valence-electron chi connectivity index (χ3n) is 4.82. The molecule has 1 aliphatic rings. The van der Waals surface area contributed by atoms with E-state index in [2.05, 4.69) is 15.3 Å². The average Bonchev–Trinajstić information content (AvgIpc) is 3.08. The summed E-state index contributed by atoms with van der Waals surface area (Å²) in [6, 6.07) is 7.63. The highest BCUT2D eigenvalue weighted by Gasteiger charge is 2.32. The molecule has 0 bridgehead atoms. The largest absolute Gasteiger partial charge is 0.342 e. The molecular formula is C18H18N4O4S. The first-order valence-electron chi connectivity index (χ1n) is 8.65.